The molecule has 1 heterocycles. The molecule has 0 atom stereocenters. The largest absolute Gasteiger partial charge is 0.297 e. The zero-order valence-electron chi connectivity index (χ0n) is 12.6. The summed E-state index contributed by atoms with van der Waals surface area (Å²) in [5, 5.41) is 12.9. The van der Waals surface area contributed by atoms with Gasteiger partial charge in [-0.25, -0.2) is 0 Å². The van der Waals surface area contributed by atoms with Crippen LogP contribution in [-0.4, -0.2) is 16.1 Å². The Morgan fingerprint density at radius 3 is 2.58 bits per heavy atom. The normalized spacial score (nSPS) is 10.9. The molecule has 24 heavy (non-hydrogen) atoms. The number of halogens is 1. The van der Waals surface area contributed by atoms with E-state index in [2.05, 4.69) is 15.5 Å². The summed E-state index contributed by atoms with van der Waals surface area (Å²) in [6, 6.07) is 17.2. The van der Waals surface area contributed by atoms with Gasteiger partial charge in [0.25, 0.3) is 0 Å². The predicted octanol–water partition coefficient (Wildman–Crippen LogP) is 4.43. The molecule has 0 bridgehead atoms. The summed E-state index contributed by atoms with van der Waals surface area (Å²) < 4.78 is 0. The van der Waals surface area contributed by atoms with Crippen molar-refractivity contribution < 1.29 is 4.79 Å². The molecule has 0 aliphatic rings. The first kappa shape index (κ1) is 16.4. The lowest BCUT2D eigenvalue weighted by Gasteiger charge is -1.97. The number of hydrogen-bond acceptors (Lipinski definition) is 4. The van der Waals surface area contributed by atoms with Crippen LogP contribution in [0.3, 0.4) is 0 Å². The highest BCUT2D eigenvalue weighted by Gasteiger charge is 2.07. The standard InChI is InChI=1S/C18H14ClN3OS/c19-15-9-6-14(7-10-15)12-17-21-22-18(24-17)20-16(23)11-8-13-4-2-1-3-5-13/h1-11H,12H2,(H,20,22,23). The van der Waals surface area contributed by atoms with Crippen LogP contribution in [0.25, 0.3) is 6.08 Å². The summed E-state index contributed by atoms with van der Waals surface area (Å²) >= 11 is 7.23. The zero-order valence-corrected chi connectivity index (χ0v) is 14.2. The number of benzene rings is 2. The van der Waals surface area contributed by atoms with Gasteiger partial charge < -0.3 is 0 Å². The number of anilines is 1. The van der Waals surface area contributed by atoms with Crippen LogP contribution in [0.2, 0.25) is 5.02 Å². The summed E-state index contributed by atoms with van der Waals surface area (Å²) in [6.45, 7) is 0. The average molecular weight is 356 g/mol. The second-order valence-corrected chi connectivity index (χ2v) is 6.54. The Morgan fingerprint density at radius 2 is 1.83 bits per heavy atom. The first-order chi connectivity index (χ1) is 11.7. The van der Waals surface area contributed by atoms with Gasteiger partial charge in [0, 0.05) is 17.5 Å². The van der Waals surface area contributed by atoms with E-state index in [1.807, 2.05) is 54.6 Å². The van der Waals surface area contributed by atoms with E-state index in [0.29, 0.717) is 16.6 Å². The molecule has 2 aromatic carbocycles. The number of carbonyl (C=O) groups excluding carboxylic acids is 1. The van der Waals surface area contributed by atoms with Crippen molar-refractivity contribution in [1.82, 2.24) is 10.2 Å². The van der Waals surface area contributed by atoms with Crippen LogP contribution >= 0.6 is 22.9 Å². The Bertz CT molecular complexity index is 844. The third-order valence-electron chi connectivity index (χ3n) is 3.19. The molecule has 4 nitrogen and oxygen atoms in total. The minimum atomic E-state index is -0.229. The van der Waals surface area contributed by atoms with Crippen molar-refractivity contribution in [2.24, 2.45) is 0 Å². The Hall–Kier alpha value is -2.50. The van der Waals surface area contributed by atoms with E-state index in [1.165, 1.54) is 17.4 Å². The number of hydrogen-bond donors (Lipinski definition) is 1. The predicted molar refractivity (Wildman–Crippen MR) is 98.3 cm³/mol. The molecule has 0 saturated carbocycles. The molecule has 0 aliphatic heterocycles. The fourth-order valence-electron chi connectivity index (χ4n) is 2.04. The Labute approximate surface area is 148 Å². The maximum absolute atomic E-state index is 11.9. The van der Waals surface area contributed by atoms with E-state index in [-0.39, 0.29) is 5.91 Å². The van der Waals surface area contributed by atoms with Crippen molar-refractivity contribution in [2.75, 3.05) is 5.32 Å². The number of amides is 1. The van der Waals surface area contributed by atoms with Crippen molar-refractivity contribution >= 4 is 40.1 Å². The number of nitrogens with zero attached hydrogens (tertiary/aromatic N) is 2. The zero-order chi connectivity index (χ0) is 16.8. The first-order valence-electron chi connectivity index (χ1n) is 7.30. The van der Waals surface area contributed by atoms with E-state index in [1.54, 1.807) is 6.08 Å². The third kappa shape index (κ3) is 4.75. The third-order valence-corrected chi connectivity index (χ3v) is 4.28. The lowest BCUT2D eigenvalue weighted by Crippen LogP contribution is -2.07. The molecule has 1 amide bonds. The van der Waals surface area contributed by atoms with Gasteiger partial charge in [-0.3, -0.25) is 10.1 Å². The van der Waals surface area contributed by atoms with Crippen LogP contribution in [0.15, 0.2) is 60.7 Å². The van der Waals surface area contributed by atoms with E-state index in [0.717, 1.165) is 16.1 Å². The molecule has 0 aliphatic carbocycles. The van der Waals surface area contributed by atoms with Gasteiger partial charge in [0.1, 0.15) is 5.01 Å². The van der Waals surface area contributed by atoms with Crippen molar-refractivity contribution in [3.05, 3.63) is 81.8 Å². The number of nitrogens with one attached hydrogen (secondary N) is 1. The van der Waals surface area contributed by atoms with E-state index in [4.69, 9.17) is 11.6 Å². The van der Waals surface area contributed by atoms with Gasteiger partial charge in [-0.05, 0) is 29.3 Å². The molecule has 6 heteroatoms. The number of carbonyl (C=O) groups is 1. The highest BCUT2D eigenvalue weighted by atomic mass is 35.5. The molecule has 0 unspecified atom stereocenters. The smallest absolute Gasteiger partial charge is 0.250 e. The SMILES string of the molecule is O=C(C=Cc1ccccc1)Nc1nnc(Cc2ccc(Cl)cc2)s1. The second kappa shape index (κ2) is 7.86. The summed E-state index contributed by atoms with van der Waals surface area (Å²) in [7, 11) is 0. The Morgan fingerprint density at radius 1 is 1.08 bits per heavy atom. The molecular formula is C18H14ClN3OS. The Kier molecular flexibility index (Phi) is 5.36. The number of aromatic nitrogens is 2. The molecule has 1 aromatic heterocycles. The van der Waals surface area contributed by atoms with Crippen molar-refractivity contribution in [3.8, 4) is 0 Å². The van der Waals surface area contributed by atoms with Crippen LogP contribution in [-0.2, 0) is 11.2 Å². The fourth-order valence-corrected chi connectivity index (χ4v) is 2.94. The molecule has 0 spiro atoms. The minimum absolute atomic E-state index is 0.229. The van der Waals surface area contributed by atoms with Crippen LogP contribution < -0.4 is 5.32 Å². The molecule has 1 N–H and O–H groups in total. The second-order valence-electron chi connectivity index (χ2n) is 5.04. The Balaban J connectivity index is 1.58. The molecular weight excluding hydrogens is 342 g/mol. The van der Waals surface area contributed by atoms with Crippen LogP contribution in [0.1, 0.15) is 16.1 Å². The van der Waals surface area contributed by atoms with E-state index >= 15 is 0 Å². The lowest BCUT2D eigenvalue weighted by atomic mass is 10.2. The summed E-state index contributed by atoms with van der Waals surface area (Å²) in [6.07, 6.45) is 3.89. The van der Waals surface area contributed by atoms with Crippen molar-refractivity contribution in [2.45, 2.75) is 6.42 Å². The van der Waals surface area contributed by atoms with Gasteiger partial charge in [-0.15, -0.1) is 10.2 Å². The maximum atomic E-state index is 11.9. The lowest BCUT2D eigenvalue weighted by molar-refractivity contribution is -0.111. The van der Waals surface area contributed by atoms with Crippen LogP contribution in [0, 0.1) is 0 Å². The minimum Gasteiger partial charge on any atom is -0.297 e. The molecule has 3 aromatic rings. The monoisotopic (exact) mass is 355 g/mol. The molecule has 120 valence electrons. The van der Waals surface area contributed by atoms with Gasteiger partial charge >= 0.3 is 0 Å². The van der Waals surface area contributed by atoms with Gasteiger partial charge in [0.05, 0.1) is 0 Å². The van der Waals surface area contributed by atoms with Gasteiger partial charge in [-0.2, -0.15) is 0 Å². The summed E-state index contributed by atoms with van der Waals surface area (Å²) in [5.74, 6) is -0.229. The van der Waals surface area contributed by atoms with E-state index in [9.17, 15) is 4.79 Å². The molecule has 0 saturated heterocycles. The highest BCUT2D eigenvalue weighted by molar-refractivity contribution is 7.15. The molecule has 0 fully saturated rings. The number of rotatable bonds is 5. The van der Waals surface area contributed by atoms with Gasteiger partial charge in [0.2, 0.25) is 11.0 Å². The fraction of sp³-hybridized carbons (Fsp3) is 0.0556. The quantitative estimate of drug-likeness (QED) is 0.688. The van der Waals surface area contributed by atoms with Gasteiger partial charge in [0.15, 0.2) is 0 Å². The topological polar surface area (TPSA) is 54.9 Å². The van der Waals surface area contributed by atoms with Gasteiger partial charge in [-0.1, -0.05) is 65.4 Å². The van der Waals surface area contributed by atoms with E-state index < -0.39 is 0 Å². The highest BCUT2D eigenvalue weighted by Crippen LogP contribution is 2.19. The maximum Gasteiger partial charge on any atom is 0.250 e. The summed E-state index contributed by atoms with van der Waals surface area (Å²) in [4.78, 5) is 11.9. The first-order valence-corrected chi connectivity index (χ1v) is 8.49. The molecule has 0 radical (unpaired) electrons. The van der Waals surface area contributed by atoms with Crippen molar-refractivity contribution in [1.29, 1.82) is 0 Å². The van der Waals surface area contributed by atoms with Crippen molar-refractivity contribution in [3.63, 3.8) is 0 Å². The van der Waals surface area contributed by atoms with Crippen LogP contribution in [0.4, 0.5) is 5.13 Å². The van der Waals surface area contributed by atoms with Crippen LogP contribution in [0.5, 0.6) is 0 Å². The average Bonchev–Trinajstić information content (AvgIpc) is 3.03. The molecule has 3 rings (SSSR count). The summed E-state index contributed by atoms with van der Waals surface area (Å²) in [5.41, 5.74) is 2.06.